The molecule has 0 bridgehead atoms. The molecule has 3 rings (SSSR count). The van der Waals surface area contributed by atoms with Crippen LogP contribution >= 0.6 is 0 Å². The van der Waals surface area contributed by atoms with Gasteiger partial charge in [-0.2, -0.15) is 0 Å². The molecule has 1 aliphatic heterocycles. The van der Waals surface area contributed by atoms with Gasteiger partial charge >= 0.3 is 0 Å². The van der Waals surface area contributed by atoms with E-state index >= 15 is 0 Å². The summed E-state index contributed by atoms with van der Waals surface area (Å²) in [4.78, 5) is 4.72. The Labute approximate surface area is 152 Å². The lowest BCUT2D eigenvalue weighted by Crippen LogP contribution is -2.48. The van der Waals surface area contributed by atoms with E-state index in [2.05, 4.69) is 9.80 Å². The third kappa shape index (κ3) is 5.97. The molecule has 6 heteroatoms. The van der Waals surface area contributed by atoms with Gasteiger partial charge in [-0.15, -0.1) is 0 Å². The molecule has 2 aromatic carbocycles. The normalized spacial score (nSPS) is 15.8. The molecule has 1 aliphatic rings. The molecule has 1 fully saturated rings. The number of hydrogen-bond acceptors (Lipinski definition) is 4. The fourth-order valence-corrected chi connectivity index (χ4v) is 2.88. The Morgan fingerprint density at radius 2 is 0.962 bits per heavy atom. The van der Waals surface area contributed by atoms with Gasteiger partial charge in [-0.25, -0.2) is 8.78 Å². The third-order valence-electron chi connectivity index (χ3n) is 4.44. The predicted octanol–water partition coefficient (Wildman–Crippen LogP) is 3.04. The van der Waals surface area contributed by atoms with Gasteiger partial charge in [0.25, 0.3) is 0 Å². The number of piperazine rings is 1. The van der Waals surface area contributed by atoms with E-state index in [1.165, 1.54) is 24.3 Å². The van der Waals surface area contributed by atoms with E-state index in [4.69, 9.17) is 9.47 Å². The van der Waals surface area contributed by atoms with Gasteiger partial charge in [-0.05, 0) is 48.5 Å². The maximum atomic E-state index is 12.8. The monoisotopic (exact) mass is 362 g/mol. The second-order valence-corrected chi connectivity index (χ2v) is 6.29. The van der Waals surface area contributed by atoms with Crippen molar-refractivity contribution < 1.29 is 18.3 Å². The molecule has 0 N–H and O–H groups in total. The fourth-order valence-electron chi connectivity index (χ4n) is 2.88. The highest BCUT2D eigenvalue weighted by atomic mass is 19.1. The van der Waals surface area contributed by atoms with E-state index < -0.39 is 0 Å². The van der Waals surface area contributed by atoms with E-state index in [-0.39, 0.29) is 11.6 Å². The number of ether oxygens (including phenoxy) is 2. The lowest BCUT2D eigenvalue weighted by atomic mass is 10.3. The molecule has 0 aromatic heterocycles. The van der Waals surface area contributed by atoms with E-state index in [0.717, 1.165) is 39.3 Å². The summed E-state index contributed by atoms with van der Waals surface area (Å²) < 4.78 is 37.0. The number of nitrogens with zero attached hydrogens (tertiary/aromatic N) is 2. The van der Waals surface area contributed by atoms with Crippen LogP contribution in [0.1, 0.15) is 0 Å². The largest absolute Gasteiger partial charge is 0.492 e. The van der Waals surface area contributed by atoms with Gasteiger partial charge in [0.05, 0.1) is 0 Å². The summed E-state index contributed by atoms with van der Waals surface area (Å²) >= 11 is 0. The zero-order chi connectivity index (χ0) is 18.2. The van der Waals surface area contributed by atoms with Crippen LogP contribution in [0.3, 0.4) is 0 Å². The Bertz CT molecular complexity index is 597. The van der Waals surface area contributed by atoms with Crippen LogP contribution in [0.4, 0.5) is 8.78 Å². The molecule has 1 heterocycles. The standard InChI is InChI=1S/C20H24F2N2O2/c21-17-1-5-19(6-2-17)25-15-13-23-9-11-24(12-10-23)14-16-26-20-7-3-18(22)4-8-20/h1-8H,9-16H2. The molecule has 140 valence electrons. The Hall–Kier alpha value is -2.18. The minimum Gasteiger partial charge on any atom is -0.492 e. The second kappa shape index (κ2) is 9.50. The van der Waals surface area contributed by atoms with E-state index in [1.54, 1.807) is 24.3 Å². The van der Waals surface area contributed by atoms with Crippen LogP contribution in [-0.4, -0.2) is 62.3 Å². The average Bonchev–Trinajstić information content (AvgIpc) is 2.66. The van der Waals surface area contributed by atoms with Gasteiger partial charge in [-0.1, -0.05) is 0 Å². The van der Waals surface area contributed by atoms with Crippen LogP contribution in [0.15, 0.2) is 48.5 Å². The van der Waals surface area contributed by atoms with E-state index in [0.29, 0.717) is 24.7 Å². The summed E-state index contributed by atoms with van der Waals surface area (Å²) in [6.45, 7) is 6.87. The maximum Gasteiger partial charge on any atom is 0.123 e. The van der Waals surface area contributed by atoms with Crippen molar-refractivity contribution in [2.24, 2.45) is 0 Å². The molecule has 0 spiro atoms. The highest BCUT2D eigenvalue weighted by molar-refractivity contribution is 5.22. The maximum absolute atomic E-state index is 12.8. The summed E-state index contributed by atoms with van der Waals surface area (Å²) in [6, 6.07) is 12.2. The molecular formula is C20H24F2N2O2. The van der Waals surface area contributed by atoms with Crippen LogP contribution in [-0.2, 0) is 0 Å². The van der Waals surface area contributed by atoms with Crippen molar-refractivity contribution >= 4 is 0 Å². The first kappa shape index (κ1) is 18.6. The summed E-state index contributed by atoms with van der Waals surface area (Å²) in [5.74, 6) is 0.889. The van der Waals surface area contributed by atoms with Crippen molar-refractivity contribution in [1.29, 1.82) is 0 Å². The lowest BCUT2D eigenvalue weighted by Gasteiger charge is -2.34. The van der Waals surface area contributed by atoms with Crippen molar-refractivity contribution in [2.75, 3.05) is 52.5 Å². The number of rotatable bonds is 8. The summed E-state index contributed by atoms with van der Waals surface area (Å²) in [6.07, 6.45) is 0. The molecule has 0 aliphatic carbocycles. The molecule has 26 heavy (non-hydrogen) atoms. The van der Waals surface area contributed by atoms with Crippen LogP contribution in [0, 0.1) is 11.6 Å². The predicted molar refractivity (Wildman–Crippen MR) is 96.7 cm³/mol. The number of hydrogen-bond donors (Lipinski definition) is 0. The van der Waals surface area contributed by atoms with E-state index in [9.17, 15) is 8.78 Å². The van der Waals surface area contributed by atoms with Gasteiger partial charge in [0, 0.05) is 39.3 Å². The highest BCUT2D eigenvalue weighted by Gasteiger charge is 2.16. The topological polar surface area (TPSA) is 24.9 Å². The van der Waals surface area contributed by atoms with Gasteiger partial charge in [0.2, 0.25) is 0 Å². The Balaban J connectivity index is 1.27. The quantitative estimate of drug-likeness (QED) is 0.721. The van der Waals surface area contributed by atoms with Crippen molar-refractivity contribution in [2.45, 2.75) is 0 Å². The van der Waals surface area contributed by atoms with Gasteiger partial charge < -0.3 is 9.47 Å². The zero-order valence-corrected chi connectivity index (χ0v) is 14.7. The molecule has 2 aromatic rings. The van der Waals surface area contributed by atoms with Crippen LogP contribution < -0.4 is 9.47 Å². The summed E-state index contributed by atoms with van der Waals surface area (Å²) in [7, 11) is 0. The first-order valence-corrected chi connectivity index (χ1v) is 8.90. The first-order valence-electron chi connectivity index (χ1n) is 8.90. The zero-order valence-electron chi connectivity index (χ0n) is 14.7. The minimum absolute atomic E-state index is 0.253. The summed E-state index contributed by atoms with van der Waals surface area (Å²) in [5, 5.41) is 0. The SMILES string of the molecule is Fc1ccc(OCCN2CCN(CCOc3ccc(F)cc3)CC2)cc1. The Morgan fingerprint density at radius 1 is 0.615 bits per heavy atom. The fraction of sp³-hybridized carbons (Fsp3) is 0.400. The average molecular weight is 362 g/mol. The van der Waals surface area contributed by atoms with Crippen LogP contribution in [0.25, 0.3) is 0 Å². The first-order chi connectivity index (χ1) is 12.7. The molecule has 1 saturated heterocycles. The second-order valence-electron chi connectivity index (χ2n) is 6.29. The van der Waals surface area contributed by atoms with Gasteiger partial charge in [0.15, 0.2) is 0 Å². The molecule has 0 atom stereocenters. The smallest absolute Gasteiger partial charge is 0.123 e. The Morgan fingerprint density at radius 3 is 1.31 bits per heavy atom. The number of benzene rings is 2. The van der Waals surface area contributed by atoms with E-state index in [1.807, 2.05) is 0 Å². The van der Waals surface area contributed by atoms with Crippen molar-refractivity contribution in [3.63, 3.8) is 0 Å². The van der Waals surface area contributed by atoms with Crippen molar-refractivity contribution in [3.05, 3.63) is 60.2 Å². The summed E-state index contributed by atoms with van der Waals surface area (Å²) in [5.41, 5.74) is 0. The Kier molecular flexibility index (Phi) is 6.80. The van der Waals surface area contributed by atoms with Crippen molar-refractivity contribution in [1.82, 2.24) is 9.80 Å². The van der Waals surface area contributed by atoms with Gasteiger partial charge in [-0.3, -0.25) is 9.80 Å². The van der Waals surface area contributed by atoms with Crippen LogP contribution in [0.5, 0.6) is 11.5 Å². The van der Waals surface area contributed by atoms with Crippen molar-refractivity contribution in [3.8, 4) is 11.5 Å². The molecule has 0 amide bonds. The highest BCUT2D eigenvalue weighted by Crippen LogP contribution is 2.12. The molecular weight excluding hydrogens is 338 g/mol. The number of halogens is 2. The molecule has 4 nitrogen and oxygen atoms in total. The van der Waals surface area contributed by atoms with Gasteiger partial charge in [0.1, 0.15) is 36.3 Å². The lowest BCUT2D eigenvalue weighted by molar-refractivity contribution is 0.105. The molecule has 0 saturated carbocycles. The van der Waals surface area contributed by atoms with Crippen LogP contribution in [0.2, 0.25) is 0 Å². The molecule has 0 unspecified atom stereocenters. The molecule has 0 radical (unpaired) electrons. The minimum atomic E-state index is -0.253. The third-order valence-corrected chi connectivity index (χ3v) is 4.44.